The van der Waals surface area contributed by atoms with Crippen LogP contribution < -0.4 is 17.2 Å². The SMILES string of the molecule is Cl.NCCCCn1nc(-c2ccc3oc(N)nc3c2)c2c(N)ncnc21. The highest BCUT2D eigenvalue weighted by molar-refractivity contribution is 5.99. The molecule has 0 atom stereocenters. The molecule has 0 saturated carbocycles. The van der Waals surface area contributed by atoms with Crippen molar-refractivity contribution in [1.82, 2.24) is 24.7 Å². The number of aryl methyl sites for hydroxylation is 1. The standard InChI is InChI=1S/C16H18N8O.ClH/c17-5-1-2-6-24-15-12(14(18)20-8-21-15)13(23-24)9-3-4-11-10(7-9)22-16(19)25-11;/h3-4,7-8H,1-2,5-6,17H2,(H2,19,22)(H2,18,20,21);1H. The molecule has 3 heterocycles. The molecule has 1 aromatic carbocycles. The maximum absolute atomic E-state index is 6.10. The number of hydrogen-bond donors (Lipinski definition) is 3. The molecule has 9 nitrogen and oxygen atoms in total. The molecule has 0 amide bonds. The second-order valence-corrected chi connectivity index (χ2v) is 5.76. The van der Waals surface area contributed by atoms with E-state index in [1.807, 2.05) is 22.9 Å². The third-order valence-corrected chi connectivity index (χ3v) is 4.06. The van der Waals surface area contributed by atoms with E-state index < -0.39 is 0 Å². The van der Waals surface area contributed by atoms with E-state index in [0.29, 0.717) is 41.3 Å². The molecule has 0 bridgehead atoms. The molecule has 0 aliphatic heterocycles. The summed E-state index contributed by atoms with van der Waals surface area (Å²) in [6.07, 6.45) is 3.28. The predicted molar refractivity (Wildman–Crippen MR) is 103 cm³/mol. The summed E-state index contributed by atoms with van der Waals surface area (Å²) in [4.78, 5) is 12.6. The van der Waals surface area contributed by atoms with E-state index in [9.17, 15) is 0 Å². The molecule has 3 aromatic heterocycles. The van der Waals surface area contributed by atoms with Gasteiger partial charge < -0.3 is 21.6 Å². The van der Waals surface area contributed by atoms with Crippen molar-refractivity contribution in [3.8, 4) is 11.3 Å². The van der Waals surface area contributed by atoms with Gasteiger partial charge in [-0.05, 0) is 37.6 Å². The Morgan fingerprint density at radius 1 is 1.12 bits per heavy atom. The van der Waals surface area contributed by atoms with E-state index in [2.05, 4.69) is 15.0 Å². The van der Waals surface area contributed by atoms with Crippen LogP contribution in [0, 0.1) is 0 Å². The summed E-state index contributed by atoms with van der Waals surface area (Å²) in [5.74, 6) is 0.393. The van der Waals surface area contributed by atoms with Crippen LogP contribution in [0.5, 0.6) is 0 Å². The lowest BCUT2D eigenvalue weighted by Gasteiger charge is -2.01. The largest absolute Gasteiger partial charge is 0.424 e. The summed E-state index contributed by atoms with van der Waals surface area (Å²) in [7, 11) is 0. The van der Waals surface area contributed by atoms with Gasteiger partial charge in [0.25, 0.3) is 6.01 Å². The van der Waals surface area contributed by atoms with Crippen molar-refractivity contribution in [1.29, 1.82) is 0 Å². The van der Waals surface area contributed by atoms with Crippen molar-refractivity contribution in [2.45, 2.75) is 19.4 Å². The van der Waals surface area contributed by atoms with Gasteiger partial charge in [-0.2, -0.15) is 10.1 Å². The highest BCUT2D eigenvalue weighted by Crippen LogP contribution is 2.32. The van der Waals surface area contributed by atoms with Gasteiger partial charge in [0.1, 0.15) is 23.4 Å². The van der Waals surface area contributed by atoms with Crippen LogP contribution >= 0.6 is 12.4 Å². The number of oxazole rings is 1. The van der Waals surface area contributed by atoms with Crippen molar-refractivity contribution < 1.29 is 4.42 Å². The number of unbranched alkanes of at least 4 members (excludes halogenated alkanes) is 1. The van der Waals surface area contributed by atoms with Crippen molar-refractivity contribution >= 4 is 46.4 Å². The van der Waals surface area contributed by atoms with Crippen LogP contribution in [0.4, 0.5) is 11.8 Å². The van der Waals surface area contributed by atoms with E-state index in [1.165, 1.54) is 6.33 Å². The van der Waals surface area contributed by atoms with Gasteiger partial charge in [0.2, 0.25) is 0 Å². The molecule has 0 spiro atoms. The van der Waals surface area contributed by atoms with Gasteiger partial charge in [-0.1, -0.05) is 0 Å². The normalized spacial score (nSPS) is 11.1. The summed E-state index contributed by atoms with van der Waals surface area (Å²) in [5.41, 5.74) is 20.9. The van der Waals surface area contributed by atoms with E-state index in [-0.39, 0.29) is 18.4 Å². The summed E-state index contributed by atoms with van der Waals surface area (Å²) in [5, 5.41) is 5.44. The number of halogens is 1. The zero-order chi connectivity index (χ0) is 17.4. The Balaban J connectivity index is 0.00000196. The third kappa shape index (κ3) is 3.02. The smallest absolute Gasteiger partial charge is 0.292 e. The molecule has 0 radical (unpaired) electrons. The van der Waals surface area contributed by atoms with Gasteiger partial charge in [-0.3, -0.25) is 0 Å². The predicted octanol–water partition coefficient (Wildman–Crippen LogP) is 1.96. The zero-order valence-electron chi connectivity index (χ0n) is 13.9. The molecule has 0 saturated heterocycles. The lowest BCUT2D eigenvalue weighted by molar-refractivity contribution is 0.574. The van der Waals surface area contributed by atoms with E-state index in [0.717, 1.165) is 23.8 Å². The molecule has 136 valence electrons. The number of hydrogen-bond acceptors (Lipinski definition) is 8. The second-order valence-electron chi connectivity index (χ2n) is 5.76. The average Bonchev–Trinajstić information content (AvgIpc) is 3.15. The zero-order valence-corrected chi connectivity index (χ0v) is 14.7. The van der Waals surface area contributed by atoms with Gasteiger partial charge in [0.05, 0.1) is 5.39 Å². The van der Waals surface area contributed by atoms with Gasteiger partial charge in [-0.15, -0.1) is 12.4 Å². The van der Waals surface area contributed by atoms with E-state index in [1.54, 1.807) is 0 Å². The monoisotopic (exact) mass is 374 g/mol. The van der Waals surface area contributed by atoms with Crippen molar-refractivity contribution in [2.75, 3.05) is 18.0 Å². The highest BCUT2D eigenvalue weighted by atomic mass is 35.5. The molecule has 4 aromatic rings. The second kappa shape index (κ2) is 7.14. The van der Waals surface area contributed by atoms with Crippen molar-refractivity contribution in [3.63, 3.8) is 0 Å². The first kappa shape index (κ1) is 17.9. The molecule has 0 aliphatic carbocycles. The Kier molecular flexibility index (Phi) is 4.92. The molecular formula is C16H19ClN8O. The molecule has 6 N–H and O–H groups in total. The first-order valence-electron chi connectivity index (χ1n) is 8.01. The Morgan fingerprint density at radius 2 is 1.96 bits per heavy atom. The lowest BCUT2D eigenvalue weighted by atomic mass is 10.1. The molecule has 26 heavy (non-hydrogen) atoms. The molecule has 0 unspecified atom stereocenters. The summed E-state index contributed by atoms with van der Waals surface area (Å²) in [6.45, 7) is 1.36. The molecule has 0 fully saturated rings. The minimum Gasteiger partial charge on any atom is -0.424 e. The van der Waals surface area contributed by atoms with Gasteiger partial charge in [-0.25, -0.2) is 14.6 Å². The van der Waals surface area contributed by atoms with Gasteiger partial charge >= 0.3 is 0 Å². The number of nitrogens with zero attached hydrogens (tertiary/aromatic N) is 5. The van der Waals surface area contributed by atoms with Crippen LogP contribution in [-0.2, 0) is 6.54 Å². The number of fused-ring (bicyclic) bond motifs is 2. The highest BCUT2D eigenvalue weighted by Gasteiger charge is 2.17. The van der Waals surface area contributed by atoms with Crippen LogP contribution in [-0.4, -0.2) is 31.3 Å². The van der Waals surface area contributed by atoms with Crippen LogP contribution in [0.3, 0.4) is 0 Å². The molecule has 0 aliphatic rings. The van der Waals surface area contributed by atoms with Gasteiger partial charge in [0, 0.05) is 12.1 Å². The molecule has 10 heteroatoms. The summed E-state index contributed by atoms with van der Waals surface area (Å²) >= 11 is 0. The Labute approximate surface area is 155 Å². The van der Waals surface area contributed by atoms with Crippen LogP contribution in [0.1, 0.15) is 12.8 Å². The topological polar surface area (TPSA) is 148 Å². The quantitative estimate of drug-likeness (QED) is 0.449. The average molecular weight is 375 g/mol. The number of aromatic nitrogens is 5. The fourth-order valence-corrected chi connectivity index (χ4v) is 2.89. The van der Waals surface area contributed by atoms with Gasteiger partial charge in [0.15, 0.2) is 11.2 Å². The molecule has 4 rings (SSSR count). The molecular weight excluding hydrogens is 356 g/mol. The van der Waals surface area contributed by atoms with E-state index in [4.69, 9.17) is 26.7 Å². The third-order valence-electron chi connectivity index (χ3n) is 4.06. The van der Waals surface area contributed by atoms with Crippen molar-refractivity contribution in [3.05, 3.63) is 24.5 Å². The Hall–Kier alpha value is -2.91. The minimum absolute atomic E-state index is 0. The fourth-order valence-electron chi connectivity index (χ4n) is 2.89. The number of nitrogens with two attached hydrogens (primary N) is 3. The lowest BCUT2D eigenvalue weighted by Crippen LogP contribution is -2.05. The minimum atomic E-state index is 0. The maximum atomic E-state index is 6.10. The Bertz CT molecular complexity index is 1060. The summed E-state index contributed by atoms with van der Waals surface area (Å²) in [6, 6.07) is 5.71. The number of nitrogen functional groups attached to an aromatic ring is 2. The van der Waals surface area contributed by atoms with E-state index >= 15 is 0 Å². The van der Waals surface area contributed by atoms with Crippen molar-refractivity contribution in [2.24, 2.45) is 5.73 Å². The maximum Gasteiger partial charge on any atom is 0.292 e. The number of rotatable bonds is 5. The van der Waals surface area contributed by atoms with Crippen LogP contribution in [0.25, 0.3) is 33.4 Å². The first-order valence-corrected chi connectivity index (χ1v) is 8.01. The van der Waals surface area contributed by atoms with Crippen LogP contribution in [0.2, 0.25) is 0 Å². The van der Waals surface area contributed by atoms with Crippen LogP contribution in [0.15, 0.2) is 28.9 Å². The fraction of sp³-hybridized carbons (Fsp3) is 0.250. The Morgan fingerprint density at radius 3 is 2.77 bits per heavy atom. The number of anilines is 2. The summed E-state index contributed by atoms with van der Waals surface area (Å²) < 4.78 is 7.17. The number of benzene rings is 1. The first-order chi connectivity index (χ1) is 12.2.